The summed E-state index contributed by atoms with van der Waals surface area (Å²) in [5.74, 6) is 0.771. The number of carbonyl (C=O) groups excluding carboxylic acids is 1. The summed E-state index contributed by atoms with van der Waals surface area (Å²) in [5.41, 5.74) is 1.80. The lowest BCUT2D eigenvalue weighted by atomic mass is 10.0. The smallest absolute Gasteiger partial charge is 0.269 e. The molecule has 3 rings (SSSR count). The van der Waals surface area contributed by atoms with Crippen LogP contribution in [0.5, 0.6) is 5.75 Å². The van der Waals surface area contributed by atoms with Crippen molar-refractivity contribution in [2.75, 3.05) is 32.1 Å². The molecule has 1 saturated heterocycles. The number of carbonyl (C=O) groups is 1. The van der Waals surface area contributed by atoms with E-state index < -0.39 is 4.92 Å². The third kappa shape index (κ3) is 4.25. The number of ether oxygens (including phenoxy) is 1. The predicted octanol–water partition coefficient (Wildman–Crippen LogP) is 3.40. The molecule has 1 heterocycles. The summed E-state index contributed by atoms with van der Waals surface area (Å²) >= 11 is 0. The fourth-order valence-corrected chi connectivity index (χ4v) is 3.46. The Bertz CT molecular complexity index is 822. The lowest BCUT2D eigenvalue weighted by Gasteiger charge is -2.27. The molecule has 0 N–H and O–H groups in total. The lowest BCUT2D eigenvalue weighted by molar-refractivity contribution is -0.384. The zero-order valence-electron chi connectivity index (χ0n) is 15.5. The van der Waals surface area contributed by atoms with Crippen LogP contribution in [0.25, 0.3) is 0 Å². The van der Waals surface area contributed by atoms with Gasteiger partial charge in [-0.3, -0.25) is 19.8 Å². The highest BCUT2D eigenvalue weighted by molar-refractivity contribution is 5.94. The van der Waals surface area contributed by atoms with Crippen LogP contribution in [0.2, 0.25) is 0 Å². The van der Waals surface area contributed by atoms with Gasteiger partial charge in [0.2, 0.25) is 5.91 Å². The molecule has 1 atom stereocenters. The molecule has 2 aromatic rings. The average molecular weight is 369 g/mol. The summed E-state index contributed by atoms with van der Waals surface area (Å²) < 4.78 is 5.31. The van der Waals surface area contributed by atoms with Crippen LogP contribution in [-0.4, -0.2) is 43.0 Å². The van der Waals surface area contributed by atoms with Crippen LogP contribution in [-0.2, 0) is 4.79 Å². The molecule has 0 aromatic heterocycles. The molecular formula is C20H23N3O4. The molecule has 1 amide bonds. The Morgan fingerprint density at radius 2 is 2.04 bits per heavy atom. The predicted molar refractivity (Wildman–Crippen MR) is 103 cm³/mol. The van der Waals surface area contributed by atoms with E-state index in [1.54, 1.807) is 31.2 Å². The second kappa shape index (κ2) is 8.18. The monoisotopic (exact) mass is 369 g/mol. The number of anilines is 1. The van der Waals surface area contributed by atoms with Gasteiger partial charge in [0.1, 0.15) is 5.75 Å². The van der Waals surface area contributed by atoms with Crippen molar-refractivity contribution < 1.29 is 14.5 Å². The largest absolute Gasteiger partial charge is 0.497 e. The molecule has 1 aliphatic rings. The highest BCUT2D eigenvalue weighted by Gasteiger charge is 2.29. The minimum absolute atomic E-state index is 0.0113. The van der Waals surface area contributed by atoms with E-state index in [0.717, 1.165) is 30.7 Å². The first-order valence-corrected chi connectivity index (χ1v) is 8.88. The van der Waals surface area contributed by atoms with Crippen LogP contribution < -0.4 is 9.64 Å². The standard InChI is InChI=1S/C20H23N3O4/c1-21(16-8-10-17(11-9-16)23(25)26)20(24)14-22-12-4-7-19(22)15-5-3-6-18(13-15)27-2/h3,5-6,8-11,13,19H,4,7,12,14H2,1-2H3/t19-/m1/s1. The summed E-state index contributed by atoms with van der Waals surface area (Å²) in [6.45, 7) is 1.16. The van der Waals surface area contributed by atoms with Gasteiger partial charge >= 0.3 is 0 Å². The maximum absolute atomic E-state index is 12.7. The van der Waals surface area contributed by atoms with Crippen LogP contribution in [0.1, 0.15) is 24.4 Å². The number of hydrogen-bond acceptors (Lipinski definition) is 5. The van der Waals surface area contributed by atoms with Crippen LogP contribution in [0.3, 0.4) is 0 Å². The molecule has 2 aromatic carbocycles. The highest BCUT2D eigenvalue weighted by atomic mass is 16.6. The molecule has 142 valence electrons. The third-order valence-corrected chi connectivity index (χ3v) is 5.00. The maximum atomic E-state index is 12.7. The number of amides is 1. The van der Waals surface area contributed by atoms with E-state index in [1.807, 2.05) is 18.2 Å². The zero-order chi connectivity index (χ0) is 19.4. The summed E-state index contributed by atoms with van der Waals surface area (Å²) in [7, 11) is 3.34. The molecule has 0 saturated carbocycles. The van der Waals surface area contributed by atoms with Gasteiger partial charge in [-0.2, -0.15) is 0 Å². The highest BCUT2D eigenvalue weighted by Crippen LogP contribution is 2.33. The number of likely N-dealkylation sites (N-methyl/N-ethyl adjacent to an activating group) is 1. The first kappa shape index (κ1) is 18.8. The van der Waals surface area contributed by atoms with Gasteiger partial charge in [-0.1, -0.05) is 12.1 Å². The van der Waals surface area contributed by atoms with Gasteiger partial charge < -0.3 is 9.64 Å². The van der Waals surface area contributed by atoms with E-state index in [9.17, 15) is 14.9 Å². The quantitative estimate of drug-likeness (QED) is 0.576. The molecule has 0 radical (unpaired) electrons. The second-order valence-electron chi connectivity index (χ2n) is 6.63. The van der Waals surface area contributed by atoms with E-state index in [2.05, 4.69) is 11.0 Å². The van der Waals surface area contributed by atoms with Crippen molar-refractivity contribution in [1.29, 1.82) is 0 Å². The summed E-state index contributed by atoms with van der Waals surface area (Å²) in [5, 5.41) is 10.8. The van der Waals surface area contributed by atoms with Gasteiger partial charge in [0.15, 0.2) is 0 Å². The average Bonchev–Trinajstić information content (AvgIpc) is 3.15. The molecule has 0 unspecified atom stereocenters. The van der Waals surface area contributed by atoms with Crippen LogP contribution >= 0.6 is 0 Å². The van der Waals surface area contributed by atoms with Crippen LogP contribution in [0.4, 0.5) is 11.4 Å². The normalized spacial score (nSPS) is 16.9. The lowest BCUT2D eigenvalue weighted by Crippen LogP contribution is -2.38. The Balaban J connectivity index is 1.69. The molecule has 1 fully saturated rings. The number of methoxy groups -OCH3 is 1. The number of nitro groups is 1. The van der Waals surface area contributed by atoms with Crippen molar-refractivity contribution in [3.63, 3.8) is 0 Å². The number of rotatable bonds is 6. The van der Waals surface area contributed by atoms with Gasteiger partial charge in [0.05, 0.1) is 18.6 Å². The third-order valence-electron chi connectivity index (χ3n) is 5.00. The Hall–Kier alpha value is -2.93. The molecular weight excluding hydrogens is 346 g/mol. The number of benzene rings is 2. The van der Waals surface area contributed by atoms with Crippen molar-refractivity contribution in [2.45, 2.75) is 18.9 Å². The fourth-order valence-electron chi connectivity index (χ4n) is 3.46. The van der Waals surface area contributed by atoms with E-state index in [0.29, 0.717) is 12.2 Å². The van der Waals surface area contributed by atoms with E-state index >= 15 is 0 Å². The molecule has 7 heteroatoms. The van der Waals surface area contributed by atoms with Crippen molar-refractivity contribution in [2.24, 2.45) is 0 Å². The molecule has 0 spiro atoms. The molecule has 7 nitrogen and oxygen atoms in total. The fraction of sp³-hybridized carbons (Fsp3) is 0.350. The maximum Gasteiger partial charge on any atom is 0.269 e. The molecule has 1 aliphatic heterocycles. The first-order chi connectivity index (χ1) is 13.0. The number of nitrogens with zero attached hydrogens (tertiary/aromatic N) is 3. The van der Waals surface area contributed by atoms with E-state index in [4.69, 9.17) is 4.74 Å². The Labute approximate surface area is 158 Å². The van der Waals surface area contributed by atoms with Gasteiger partial charge in [0.25, 0.3) is 5.69 Å². The number of hydrogen-bond donors (Lipinski definition) is 0. The number of non-ortho nitro benzene ring substituents is 1. The SMILES string of the molecule is COc1cccc([C@H]2CCCN2CC(=O)N(C)c2ccc([N+](=O)[O-])cc2)c1. The minimum atomic E-state index is -0.450. The Morgan fingerprint density at radius 3 is 2.70 bits per heavy atom. The van der Waals surface area contributed by atoms with Crippen LogP contribution in [0, 0.1) is 10.1 Å². The summed E-state index contributed by atoms with van der Waals surface area (Å²) in [4.78, 5) is 26.8. The minimum Gasteiger partial charge on any atom is -0.497 e. The van der Waals surface area contributed by atoms with Crippen molar-refractivity contribution in [3.05, 3.63) is 64.2 Å². The zero-order valence-corrected chi connectivity index (χ0v) is 15.5. The van der Waals surface area contributed by atoms with Crippen molar-refractivity contribution >= 4 is 17.3 Å². The second-order valence-corrected chi connectivity index (χ2v) is 6.63. The van der Waals surface area contributed by atoms with E-state index in [1.165, 1.54) is 12.1 Å². The topological polar surface area (TPSA) is 75.9 Å². The summed E-state index contributed by atoms with van der Waals surface area (Å²) in [6.07, 6.45) is 2.04. The Kier molecular flexibility index (Phi) is 5.71. The van der Waals surface area contributed by atoms with Crippen LogP contribution in [0.15, 0.2) is 48.5 Å². The van der Waals surface area contributed by atoms with Gasteiger partial charge in [0, 0.05) is 30.9 Å². The molecule has 0 bridgehead atoms. The Morgan fingerprint density at radius 1 is 1.30 bits per heavy atom. The van der Waals surface area contributed by atoms with E-state index in [-0.39, 0.29) is 17.6 Å². The van der Waals surface area contributed by atoms with Gasteiger partial charge in [-0.05, 0) is 49.2 Å². The number of nitro benzene ring substituents is 1. The van der Waals surface area contributed by atoms with Gasteiger partial charge in [-0.15, -0.1) is 0 Å². The van der Waals surface area contributed by atoms with Crippen molar-refractivity contribution in [3.8, 4) is 5.75 Å². The molecule has 0 aliphatic carbocycles. The molecule has 27 heavy (non-hydrogen) atoms. The first-order valence-electron chi connectivity index (χ1n) is 8.88. The number of likely N-dealkylation sites (tertiary alicyclic amines) is 1. The van der Waals surface area contributed by atoms with Crippen molar-refractivity contribution in [1.82, 2.24) is 4.90 Å². The summed E-state index contributed by atoms with van der Waals surface area (Å²) in [6, 6.07) is 14.2. The van der Waals surface area contributed by atoms with Gasteiger partial charge in [-0.25, -0.2) is 0 Å².